The first-order chi connectivity index (χ1) is 5.79. The van der Waals surface area contributed by atoms with Gasteiger partial charge in [0.2, 0.25) is 0 Å². The summed E-state index contributed by atoms with van der Waals surface area (Å²) in [6.07, 6.45) is 0. The highest BCUT2D eigenvalue weighted by Crippen LogP contribution is 1.93. The van der Waals surface area contributed by atoms with Crippen molar-refractivity contribution >= 4 is 0 Å². The minimum Gasteiger partial charge on any atom is -0.343 e. The first-order valence-corrected chi connectivity index (χ1v) is 4.10. The van der Waals surface area contributed by atoms with Crippen LogP contribution in [0.5, 0.6) is 0 Å². The van der Waals surface area contributed by atoms with Gasteiger partial charge in [0.05, 0.1) is 0 Å². The van der Waals surface area contributed by atoms with Crippen LogP contribution in [0.2, 0.25) is 0 Å². The lowest BCUT2D eigenvalue weighted by molar-refractivity contribution is 0.721. The molecule has 0 saturated carbocycles. The monoisotopic (exact) mass is 159 g/mol. The van der Waals surface area contributed by atoms with Gasteiger partial charge in [-0.15, -0.1) is 0 Å². The summed E-state index contributed by atoms with van der Waals surface area (Å²) >= 11 is 0. The van der Waals surface area contributed by atoms with E-state index in [0.717, 1.165) is 5.56 Å². The van der Waals surface area contributed by atoms with E-state index >= 15 is 0 Å². The molecule has 1 aromatic rings. The lowest BCUT2D eigenvalue weighted by atomic mass is 10.2. The normalized spacial score (nSPS) is 8.92. The maximum atomic E-state index is 3.03. The Labute approximate surface area is 73.8 Å². The molecule has 0 heterocycles. The molecule has 0 aliphatic carbocycles. The van der Waals surface area contributed by atoms with Gasteiger partial charge in [-0.2, -0.15) is 0 Å². The second-order valence-electron chi connectivity index (χ2n) is 2.92. The average molecular weight is 159 g/mol. The largest absolute Gasteiger partial charge is 0.343 e. The highest BCUT2D eigenvalue weighted by Gasteiger charge is 1.83. The Kier molecular flexibility index (Phi) is 3.22. The van der Waals surface area contributed by atoms with E-state index in [9.17, 15) is 0 Å². The first-order valence-electron chi connectivity index (χ1n) is 4.10. The Balaban J connectivity index is 2.55. The fourth-order valence-corrected chi connectivity index (χ4v) is 0.774. The Morgan fingerprint density at radius 3 is 2.42 bits per heavy atom. The van der Waals surface area contributed by atoms with Crippen molar-refractivity contribution in [3.63, 3.8) is 0 Å². The smallest absolute Gasteiger partial charge is 0.0284 e. The lowest BCUT2D eigenvalue weighted by Gasteiger charge is -1.98. The molecular formula is C11H13N. The molecule has 1 heteroatoms. The van der Waals surface area contributed by atoms with E-state index in [4.69, 9.17) is 0 Å². The molecule has 0 aromatic heterocycles. The molecule has 0 fully saturated rings. The van der Waals surface area contributed by atoms with Crippen LogP contribution in [0.1, 0.15) is 19.4 Å². The van der Waals surface area contributed by atoms with Gasteiger partial charge in [-0.1, -0.05) is 18.2 Å². The third-order valence-corrected chi connectivity index (χ3v) is 1.34. The summed E-state index contributed by atoms with van der Waals surface area (Å²) in [6.45, 7) is 4.14. The van der Waals surface area contributed by atoms with Gasteiger partial charge < -0.3 is 5.32 Å². The van der Waals surface area contributed by atoms with Crippen molar-refractivity contribution in [2.24, 2.45) is 0 Å². The summed E-state index contributed by atoms with van der Waals surface area (Å²) in [5.41, 5.74) is 1.05. The summed E-state index contributed by atoms with van der Waals surface area (Å²) in [7, 11) is 0. The Hall–Kier alpha value is -1.42. The fourth-order valence-electron chi connectivity index (χ4n) is 0.774. The molecule has 0 amide bonds. The third kappa shape index (κ3) is 3.12. The van der Waals surface area contributed by atoms with Crippen molar-refractivity contribution in [2.45, 2.75) is 19.9 Å². The Morgan fingerprint density at radius 2 is 1.83 bits per heavy atom. The topological polar surface area (TPSA) is 12.0 Å². The maximum absolute atomic E-state index is 3.03. The molecule has 1 aromatic carbocycles. The van der Waals surface area contributed by atoms with Crippen molar-refractivity contribution in [1.82, 2.24) is 5.32 Å². The van der Waals surface area contributed by atoms with Gasteiger partial charge in [0.25, 0.3) is 0 Å². The molecule has 0 unspecified atom stereocenters. The lowest BCUT2D eigenvalue weighted by Crippen LogP contribution is -2.15. The molecule has 0 aliphatic rings. The number of hydrogen-bond donors (Lipinski definition) is 1. The van der Waals surface area contributed by atoms with Crippen molar-refractivity contribution < 1.29 is 0 Å². The van der Waals surface area contributed by atoms with E-state index < -0.39 is 0 Å². The Bertz CT molecular complexity index is 277. The highest BCUT2D eigenvalue weighted by atomic mass is 14.8. The number of hydrogen-bond acceptors (Lipinski definition) is 1. The summed E-state index contributed by atoms with van der Waals surface area (Å²) in [4.78, 5) is 0. The van der Waals surface area contributed by atoms with Gasteiger partial charge in [0.15, 0.2) is 0 Å². The van der Waals surface area contributed by atoms with E-state index in [2.05, 4.69) is 31.1 Å². The van der Waals surface area contributed by atoms with Crippen LogP contribution in [0, 0.1) is 12.0 Å². The summed E-state index contributed by atoms with van der Waals surface area (Å²) in [5.74, 6) is 3.01. The predicted octanol–water partition coefficient (Wildman–Crippen LogP) is 1.99. The summed E-state index contributed by atoms with van der Waals surface area (Å²) < 4.78 is 0. The molecule has 1 N–H and O–H groups in total. The third-order valence-electron chi connectivity index (χ3n) is 1.34. The minimum atomic E-state index is 0.418. The quantitative estimate of drug-likeness (QED) is 0.488. The van der Waals surface area contributed by atoms with E-state index in [-0.39, 0.29) is 0 Å². The van der Waals surface area contributed by atoms with Crippen LogP contribution in [0.3, 0.4) is 0 Å². The van der Waals surface area contributed by atoms with E-state index in [1.807, 2.05) is 30.3 Å². The van der Waals surface area contributed by atoms with Crippen LogP contribution in [0.15, 0.2) is 30.3 Å². The molecule has 0 aliphatic heterocycles. The molecule has 12 heavy (non-hydrogen) atoms. The summed E-state index contributed by atoms with van der Waals surface area (Å²) in [5, 5.41) is 3.03. The highest BCUT2D eigenvalue weighted by molar-refractivity contribution is 5.33. The maximum Gasteiger partial charge on any atom is 0.0284 e. The molecule has 62 valence electrons. The van der Waals surface area contributed by atoms with Gasteiger partial charge in [-0.3, -0.25) is 0 Å². The van der Waals surface area contributed by atoms with Crippen LogP contribution in [0.25, 0.3) is 0 Å². The molecule has 0 atom stereocenters. The second-order valence-corrected chi connectivity index (χ2v) is 2.92. The van der Waals surface area contributed by atoms with Gasteiger partial charge >= 0.3 is 0 Å². The van der Waals surface area contributed by atoms with Crippen LogP contribution in [-0.2, 0) is 0 Å². The van der Waals surface area contributed by atoms with Gasteiger partial charge in [0.1, 0.15) is 0 Å². The van der Waals surface area contributed by atoms with Crippen molar-refractivity contribution in [3.05, 3.63) is 35.9 Å². The first kappa shape index (κ1) is 8.67. The predicted molar refractivity (Wildman–Crippen MR) is 51.6 cm³/mol. The van der Waals surface area contributed by atoms with E-state index in [0.29, 0.717) is 6.04 Å². The van der Waals surface area contributed by atoms with Gasteiger partial charge in [-0.05, 0) is 31.9 Å². The molecule has 1 nitrogen and oxygen atoms in total. The van der Waals surface area contributed by atoms with Gasteiger partial charge in [0, 0.05) is 17.6 Å². The number of nitrogens with one attached hydrogen (secondary N) is 1. The second kappa shape index (κ2) is 4.46. The number of benzene rings is 1. The van der Waals surface area contributed by atoms with Crippen molar-refractivity contribution in [2.75, 3.05) is 0 Å². The molecule has 0 saturated heterocycles. The molecule has 0 radical (unpaired) electrons. The van der Waals surface area contributed by atoms with Gasteiger partial charge in [-0.25, -0.2) is 0 Å². The van der Waals surface area contributed by atoms with E-state index in [1.165, 1.54) is 0 Å². The standard InChI is InChI=1S/C11H13N/c1-10(2)12-9-8-11-6-4-3-5-7-11/h3-7,10,12H,1-2H3. The van der Waals surface area contributed by atoms with Crippen LogP contribution in [-0.4, -0.2) is 6.04 Å². The molecule has 1 rings (SSSR count). The fraction of sp³-hybridized carbons (Fsp3) is 0.273. The van der Waals surface area contributed by atoms with E-state index in [1.54, 1.807) is 0 Å². The van der Waals surface area contributed by atoms with Crippen LogP contribution >= 0.6 is 0 Å². The average Bonchev–Trinajstić information content (AvgIpc) is 2.05. The SMILES string of the molecule is CC(C)NC#Cc1ccccc1. The van der Waals surface area contributed by atoms with Crippen molar-refractivity contribution in [3.8, 4) is 12.0 Å². The zero-order chi connectivity index (χ0) is 8.81. The van der Waals surface area contributed by atoms with Crippen LogP contribution in [0.4, 0.5) is 0 Å². The van der Waals surface area contributed by atoms with Crippen LogP contribution < -0.4 is 5.32 Å². The molecular weight excluding hydrogens is 146 g/mol. The zero-order valence-electron chi connectivity index (χ0n) is 7.46. The summed E-state index contributed by atoms with van der Waals surface area (Å²) in [6, 6.07) is 13.3. The molecule has 0 spiro atoms. The Morgan fingerprint density at radius 1 is 1.17 bits per heavy atom. The number of rotatable bonds is 1. The minimum absolute atomic E-state index is 0.418. The zero-order valence-corrected chi connectivity index (χ0v) is 7.46. The van der Waals surface area contributed by atoms with Crippen molar-refractivity contribution in [1.29, 1.82) is 0 Å². The molecule has 0 bridgehead atoms.